The first-order valence-electron chi connectivity index (χ1n) is 7.22. The number of aryl methyl sites for hydroxylation is 2. The SMILES string of the molecule is Cc1nc2nc(S(=O)(=O)NCc3ccc(Cl)cc3)nn2c(C)c1C. The summed E-state index contributed by atoms with van der Waals surface area (Å²) in [6, 6.07) is 6.90. The molecule has 1 aromatic carbocycles. The van der Waals surface area contributed by atoms with Crippen LogP contribution in [0.15, 0.2) is 29.4 Å². The summed E-state index contributed by atoms with van der Waals surface area (Å²) >= 11 is 5.81. The molecule has 24 heavy (non-hydrogen) atoms. The summed E-state index contributed by atoms with van der Waals surface area (Å²) in [6.07, 6.45) is 0. The zero-order valence-electron chi connectivity index (χ0n) is 13.4. The maximum absolute atomic E-state index is 12.4. The van der Waals surface area contributed by atoms with Crippen LogP contribution in [0.2, 0.25) is 5.02 Å². The molecule has 0 unspecified atom stereocenters. The number of nitrogens with one attached hydrogen (secondary N) is 1. The summed E-state index contributed by atoms with van der Waals surface area (Å²) in [4.78, 5) is 8.32. The summed E-state index contributed by atoms with van der Waals surface area (Å²) in [6.45, 7) is 5.73. The van der Waals surface area contributed by atoms with E-state index in [1.165, 1.54) is 4.52 Å². The fourth-order valence-electron chi connectivity index (χ4n) is 2.20. The molecule has 0 aliphatic carbocycles. The van der Waals surface area contributed by atoms with Crippen LogP contribution in [0, 0.1) is 20.8 Å². The molecule has 0 aliphatic heterocycles. The highest BCUT2D eigenvalue weighted by Crippen LogP contribution is 2.14. The average molecular weight is 366 g/mol. The second kappa shape index (κ2) is 6.12. The molecule has 0 bridgehead atoms. The molecule has 0 saturated carbocycles. The van der Waals surface area contributed by atoms with Gasteiger partial charge in [0.1, 0.15) is 0 Å². The number of halogens is 1. The minimum absolute atomic E-state index is 0.125. The van der Waals surface area contributed by atoms with Crippen LogP contribution in [0.5, 0.6) is 0 Å². The van der Waals surface area contributed by atoms with Crippen LogP contribution >= 0.6 is 11.6 Å². The molecule has 126 valence electrons. The Morgan fingerprint density at radius 3 is 2.46 bits per heavy atom. The van der Waals surface area contributed by atoms with Crippen molar-refractivity contribution < 1.29 is 8.42 Å². The lowest BCUT2D eigenvalue weighted by atomic mass is 10.2. The van der Waals surface area contributed by atoms with Crippen molar-refractivity contribution in [2.45, 2.75) is 32.5 Å². The van der Waals surface area contributed by atoms with Gasteiger partial charge in [0.05, 0.1) is 0 Å². The topological polar surface area (TPSA) is 89.2 Å². The number of hydrogen-bond acceptors (Lipinski definition) is 5. The Morgan fingerprint density at radius 1 is 1.12 bits per heavy atom. The van der Waals surface area contributed by atoms with Gasteiger partial charge in [-0.05, 0) is 44.0 Å². The van der Waals surface area contributed by atoms with Gasteiger partial charge in [0.25, 0.3) is 21.0 Å². The molecule has 2 aromatic heterocycles. The molecule has 3 rings (SSSR count). The molecular formula is C15H16ClN5O2S. The molecule has 0 spiro atoms. The number of benzene rings is 1. The van der Waals surface area contributed by atoms with Crippen LogP contribution in [0.3, 0.4) is 0 Å². The predicted octanol–water partition coefficient (Wildman–Crippen LogP) is 2.18. The van der Waals surface area contributed by atoms with Gasteiger partial charge in [0.15, 0.2) is 0 Å². The van der Waals surface area contributed by atoms with Gasteiger partial charge < -0.3 is 0 Å². The summed E-state index contributed by atoms with van der Waals surface area (Å²) in [5.41, 5.74) is 3.34. The van der Waals surface area contributed by atoms with Crippen molar-refractivity contribution in [1.82, 2.24) is 24.3 Å². The third-order valence-electron chi connectivity index (χ3n) is 3.86. The van der Waals surface area contributed by atoms with Crippen LogP contribution in [0.4, 0.5) is 0 Å². The van der Waals surface area contributed by atoms with Gasteiger partial charge in [0.2, 0.25) is 0 Å². The van der Waals surface area contributed by atoms with Crippen molar-refractivity contribution in [3.8, 4) is 0 Å². The predicted molar refractivity (Wildman–Crippen MR) is 90.5 cm³/mol. The average Bonchev–Trinajstić information content (AvgIpc) is 2.97. The van der Waals surface area contributed by atoms with E-state index in [-0.39, 0.29) is 17.5 Å². The van der Waals surface area contributed by atoms with Crippen molar-refractivity contribution in [1.29, 1.82) is 0 Å². The minimum Gasteiger partial charge on any atom is -0.216 e. The standard InChI is InChI=1S/C15H16ClN5O2S/c1-9-10(2)18-14-19-15(20-21(14)11(9)3)24(22,23)17-8-12-4-6-13(16)7-5-12/h4-7,17H,8H2,1-3H3. The van der Waals surface area contributed by atoms with Crippen LogP contribution in [-0.4, -0.2) is 28.0 Å². The van der Waals surface area contributed by atoms with Crippen molar-refractivity contribution in [2.75, 3.05) is 0 Å². The molecule has 0 saturated heterocycles. The van der Waals surface area contributed by atoms with Gasteiger partial charge in [-0.1, -0.05) is 23.7 Å². The maximum atomic E-state index is 12.4. The Balaban J connectivity index is 1.90. The molecular weight excluding hydrogens is 350 g/mol. The highest BCUT2D eigenvalue weighted by atomic mass is 35.5. The van der Waals surface area contributed by atoms with Crippen molar-refractivity contribution in [3.63, 3.8) is 0 Å². The lowest BCUT2D eigenvalue weighted by molar-refractivity contribution is 0.571. The van der Waals surface area contributed by atoms with Gasteiger partial charge in [0, 0.05) is 23.0 Å². The molecule has 0 radical (unpaired) electrons. The van der Waals surface area contributed by atoms with E-state index in [0.717, 1.165) is 22.5 Å². The van der Waals surface area contributed by atoms with E-state index < -0.39 is 10.0 Å². The number of nitrogens with zero attached hydrogens (tertiary/aromatic N) is 4. The van der Waals surface area contributed by atoms with E-state index in [2.05, 4.69) is 19.8 Å². The Kier molecular flexibility index (Phi) is 4.29. The van der Waals surface area contributed by atoms with E-state index in [0.29, 0.717) is 5.02 Å². The maximum Gasteiger partial charge on any atom is 0.284 e. The van der Waals surface area contributed by atoms with E-state index in [1.807, 2.05) is 20.8 Å². The third kappa shape index (κ3) is 3.12. The van der Waals surface area contributed by atoms with Gasteiger partial charge in [-0.25, -0.2) is 18.1 Å². The van der Waals surface area contributed by atoms with Gasteiger partial charge in [-0.15, -0.1) is 5.10 Å². The molecule has 2 heterocycles. The second-order valence-electron chi connectivity index (χ2n) is 5.46. The quantitative estimate of drug-likeness (QED) is 0.765. The molecule has 3 aromatic rings. The number of hydrogen-bond donors (Lipinski definition) is 1. The summed E-state index contributed by atoms with van der Waals surface area (Å²) < 4.78 is 28.8. The zero-order valence-corrected chi connectivity index (χ0v) is 15.0. The zero-order chi connectivity index (χ0) is 17.5. The summed E-state index contributed by atoms with van der Waals surface area (Å²) in [5, 5.41) is 4.38. The largest absolute Gasteiger partial charge is 0.284 e. The van der Waals surface area contributed by atoms with E-state index in [9.17, 15) is 8.42 Å². The molecule has 0 fully saturated rings. The first-order valence-corrected chi connectivity index (χ1v) is 9.09. The van der Waals surface area contributed by atoms with Gasteiger partial charge in [-0.2, -0.15) is 9.50 Å². The second-order valence-corrected chi connectivity index (χ2v) is 7.56. The fourth-order valence-corrected chi connectivity index (χ4v) is 3.20. The fraction of sp³-hybridized carbons (Fsp3) is 0.267. The molecule has 7 nitrogen and oxygen atoms in total. The van der Waals surface area contributed by atoms with Crippen molar-refractivity contribution in [3.05, 3.63) is 51.8 Å². The number of aromatic nitrogens is 4. The van der Waals surface area contributed by atoms with Crippen LogP contribution in [0.25, 0.3) is 5.78 Å². The lowest BCUT2D eigenvalue weighted by Crippen LogP contribution is -2.24. The van der Waals surface area contributed by atoms with Crippen LogP contribution < -0.4 is 4.72 Å². The molecule has 9 heteroatoms. The summed E-state index contributed by atoms with van der Waals surface area (Å²) in [5.74, 6) is 0.266. The Labute approximate surface area is 144 Å². The molecule has 0 atom stereocenters. The normalized spacial score (nSPS) is 12.0. The Hall–Kier alpha value is -2.03. The van der Waals surface area contributed by atoms with Crippen molar-refractivity contribution >= 4 is 27.4 Å². The first kappa shape index (κ1) is 16.8. The first-order chi connectivity index (χ1) is 11.3. The smallest absolute Gasteiger partial charge is 0.216 e. The highest BCUT2D eigenvalue weighted by Gasteiger charge is 2.22. The highest BCUT2D eigenvalue weighted by molar-refractivity contribution is 7.89. The van der Waals surface area contributed by atoms with Crippen LogP contribution in [-0.2, 0) is 16.6 Å². The minimum atomic E-state index is -3.84. The van der Waals surface area contributed by atoms with E-state index in [1.54, 1.807) is 24.3 Å². The lowest BCUT2D eigenvalue weighted by Gasteiger charge is -2.04. The van der Waals surface area contributed by atoms with E-state index >= 15 is 0 Å². The molecule has 0 aliphatic rings. The Bertz CT molecular complexity index is 1010. The number of fused-ring (bicyclic) bond motifs is 1. The van der Waals surface area contributed by atoms with Gasteiger partial charge >= 0.3 is 0 Å². The number of rotatable bonds is 4. The molecule has 1 N–H and O–H groups in total. The number of sulfonamides is 1. The van der Waals surface area contributed by atoms with E-state index in [4.69, 9.17) is 11.6 Å². The van der Waals surface area contributed by atoms with Crippen molar-refractivity contribution in [2.24, 2.45) is 0 Å². The summed E-state index contributed by atoms with van der Waals surface area (Å²) in [7, 11) is -3.84. The third-order valence-corrected chi connectivity index (χ3v) is 5.29. The molecule has 0 amide bonds. The van der Waals surface area contributed by atoms with Crippen LogP contribution in [0.1, 0.15) is 22.5 Å². The Morgan fingerprint density at radius 2 is 1.79 bits per heavy atom. The van der Waals surface area contributed by atoms with Gasteiger partial charge in [-0.3, -0.25) is 0 Å². The monoisotopic (exact) mass is 365 g/mol.